The quantitative estimate of drug-likeness (QED) is 0.729. The van der Waals surface area contributed by atoms with E-state index in [1.165, 1.54) is 4.90 Å². The van der Waals surface area contributed by atoms with Crippen LogP contribution in [0.2, 0.25) is 0 Å². The molecule has 146 valence electrons. The minimum Gasteiger partial charge on any atom is -0.496 e. The molecule has 0 radical (unpaired) electrons. The van der Waals surface area contributed by atoms with Crippen molar-refractivity contribution < 1.29 is 17.9 Å². The van der Waals surface area contributed by atoms with Gasteiger partial charge in [-0.25, -0.2) is 8.42 Å². The summed E-state index contributed by atoms with van der Waals surface area (Å²) in [6.45, 7) is 3.44. The van der Waals surface area contributed by atoms with Crippen LogP contribution in [-0.2, 0) is 14.8 Å². The average molecular weight is 391 g/mol. The molecule has 0 aliphatic rings. The lowest BCUT2D eigenvalue weighted by molar-refractivity contribution is -0.130. The second-order valence-corrected chi connectivity index (χ2v) is 8.39. The second-order valence-electron chi connectivity index (χ2n) is 6.48. The molecule has 27 heavy (non-hydrogen) atoms. The van der Waals surface area contributed by atoms with E-state index in [1.807, 2.05) is 50.2 Å². The smallest absolute Gasteiger partial charge is 0.243 e. The molecule has 0 fully saturated rings. The monoisotopic (exact) mass is 390 g/mol. The highest BCUT2D eigenvalue weighted by Crippen LogP contribution is 2.29. The number of methoxy groups -OCH3 is 1. The largest absolute Gasteiger partial charge is 0.496 e. The Morgan fingerprint density at radius 3 is 2.30 bits per heavy atom. The Bertz CT molecular complexity index is 912. The first-order valence-corrected chi connectivity index (χ1v) is 10.4. The van der Waals surface area contributed by atoms with Crippen molar-refractivity contribution in [1.82, 2.24) is 4.90 Å². The van der Waals surface area contributed by atoms with E-state index in [4.69, 9.17) is 4.74 Å². The maximum atomic E-state index is 12.9. The number of sulfonamides is 1. The predicted molar refractivity (Wildman–Crippen MR) is 108 cm³/mol. The number of benzene rings is 2. The fourth-order valence-corrected chi connectivity index (χ4v) is 3.80. The number of aryl methyl sites for hydroxylation is 1. The molecule has 0 heterocycles. The second kappa shape index (κ2) is 8.43. The van der Waals surface area contributed by atoms with Gasteiger partial charge in [0, 0.05) is 12.6 Å². The molecule has 1 atom stereocenters. The third kappa shape index (κ3) is 4.80. The molecule has 0 aromatic heterocycles. The summed E-state index contributed by atoms with van der Waals surface area (Å²) in [5, 5.41) is 0. The molecule has 2 aromatic rings. The molecule has 0 aliphatic heterocycles. The van der Waals surface area contributed by atoms with Crippen LogP contribution in [0, 0.1) is 6.92 Å². The number of carbonyl (C=O) groups is 1. The zero-order valence-electron chi connectivity index (χ0n) is 16.3. The van der Waals surface area contributed by atoms with E-state index >= 15 is 0 Å². The van der Waals surface area contributed by atoms with E-state index in [-0.39, 0.29) is 18.5 Å². The fraction of sp³-hybridized carbons (Fsp3) is 0.350. The first kappa shape index (κ1) is 20.8. The molecule has 2 rings (SSSR count). The summed E-state index contributed by atoms with van der Waals surface area (Å²) in [6.07, 6.45) is 1.11. The van der Waals surface area contributed by atoms with Crippen LogP contribution in [0.5, 0.6) is 5.75 Å². The third-order valence-electron chi connectivity index (χ3n) is 4.63. The van der Waals surface area contributed by atoms with Crippen molar-refractivity contribution in [3.8, 4) is 5.75 Å². The van der Waals surface area contributed by atoms with E-state index in [0.29, 0.717) is 11.4 Å². The molecule has 0 spiro atoms. The van der Waals surface area contributed by atoms with Gasteiger partial charge in [0.1, 0.15) is 12.3 Å². The Labute approximate surface area is 161 Å². The van der Waals surface area contributed by atoms with E-state index in [2.05, 4.69) is 0 Å². The van der Waals surface area contributed by atoms with Gasteiger partial charge in [0.05, 0.1) is 25.1 Å². The van der Waals surface area contributed by atoms with Crippen LogP contribution in [0.15, 0.2) is 48.5 Å². The molecule has 1 unspecified atom stereocenters. The maximum Gasteiger partial charge on any atom is 0.243 e. The minimum atomic E-state index is -3.61. The molecule has 0 aliphatic carbocycles. The number of hydrogen-bond acceptors (Lipinski definition) is 4. The molecule has 0 saturated carbocycles. The standard InChI is InChI=1S/C20H26N2O4S/c1-15-10-6-8-12-18(15)22(27(5,24)25)14-20(23)21(3)16(2)17-11-7-9-13-19(17)26-4/h6-13,16H,14H2,1-5H3. The number of anilines is 1. The summed E-state index contributed by atoms with van der Waals surface area (Å²) >= 11 is 0. The van der Waals surface area contributed by atoms with Crippen molar-refractivity contribution in [1.29, 1.82) is 0 Å². The molecule has 2 aromatic carbocycles. The fourth-order valence-electron chi connectivity index (χ4n) is 2.89. The first-order valence-electron chi connectivity index (χ1n) is 8.58. The summed E-state index contributed by atoms with van der Waals surface area (Å²) in [5.74, 6) is 0.380. The number of ether oxygens (including phenoxy) is 1. The summed E-state index contributed by atoms with van der Waals surface area (Å²) in [5.41, 5.74) is 2.15. The number of hydrogen-bond donors (Lipinski definition) is 0. The zero-order valence-corrected chi connectivity index (χ0v) is 17.2. The van der Waals surface area contributed by atoms with Crippen molar-refractivity contribution in [2.24, 2.45) is 0 Å². The van der Waals surface area contributed by atoms with Gasteiger partial charge in [0.25, 0.3) is 0 Å². The number of amides is 1. The van der Waals surface area contributed by atoms with E-state index in [1.54, 1.807) is 26.3 Å². The van der Waals surface area contributed by atoms with Crippen molar-refractivity contribution in [3.05, 3.63) is 59.7 Å². The maximum absolute atomic E-state index is 12.9. The highest BCUT2D eigenvalue weighted by molar-refractivity contribution is 7.92. The van der Waals surface area contributed by atoms with Crippen molar-refractivity contribution in [2.45, 2.75) is 19.9 Å². The lowest BCUT2D eigenvalue weighted by Gasteiger charge is -2.30. The summed E-state index contributed by atoms with van der Waals surface area (Å²) < 4.78 is 31.2. The third-order valence-corrected chi connectivity index (χ3v) is 5.75. The Morgan fingerprint density at radius 2 is 1.70 bits per heavy atom. The molecule has 6 nitrogen and oxygen atoms in total. The van der Waals surface area contributed by atoms with Gasteiger partial charge in [-0.15, -0.1) is 0 Å². The SMILES string of the molecule is COc1ccccc1C(C)N(C)C(=O)CN(c1ccccc1C)S(C)(=O)=O. The summed E-state index contributed by atoms with van der Waals surface area (Å²) in [7, 11) is -0.366. The van der Waals surface area contributed by atoms with Gasteiger partial charge in [-0.05, 0) is 31.5 Å². The predicted octanol–water partition coefficient (Wildman–Crippen LogP) is 2.99. The minimum absolute atomic E-state index is 0.264. The number of likely N-dealkylation sites (N-methyl/N-ethyl adjacent to an activating group) is 1. The first-order chi connectivity index (χ1) is 12.7. The molecule has 0 bridgehead atoms. The van der Waals surface area contributed by atoms with Crippen LogP contribution < -0.4 is 9.04 Å². The van der Waals surface area contributed by atoms with Gasteiger partial charge in [-0.2, -0.15) is 0 Å². The van der Waals surface area contributed by atoms with E-state index < -0.39 is 10.0 Å². The van der Waals surface area contributed by atoms with Crippen molar-refractivity contribution >= 4 is 21.6 Å². The number of rotatable bonds is 7. The number of carbonyl (C=O) groups excluding carboxylic acids is 1. The molecule has 0 saturated heterocycles. The van der Waals surface area contributed by atoms with Gasteiger partial charge in [0.15, 0.2) is 0 Å². The number of para-hydroxylation sites is 2. The Morgan fingerprint density at radius 1 is 1.11 bits per heavy atom. The summed E-state index contributed by atoms with van der Waals surface area (Å²) in [4.78, 5) is 14.4. The Kier molecular flexibility index (Phi) is 6.49. The molecular weight excluding hydrogens is 364 g/mol. The van der Waals surface area contributed by atoms with Gasteiger partial charge in [-0.3, -0.25) is 9.10 Å². The average Bonchev–Trinajstić information content (AvgIpc) is 2.64. The molecular formula is C20H26N2O4S. The van der Waals surface area contributed by atoms with Gasteiger partial charge >= 0.3 is 0 Å². The lowest BCUT2D eigenvalue weighted by atomic mass is 10.1. The van der Waals surface area contributed by atoms with Crippen LogP contribution in [0.1, 0.15) is 24.1 Å². The van der Waals surface area contributed by atoms with Crippen LogP contribution in [0.4, 0.5) is 5.69 Å². The molecule has 0 N–H and O–H groups in total. The highest BCUT2D eigenvalue weighted by Gasteiger charge is 2.26. The topological polar surface area (TPSA) is 66.9 Å². The number of nitrogens with zero attached hydrogens (tertiary/aromatic N) is 2. The summed E-state index contributed by atoms with van der Waals surface area (Å²) in [6, 6.07) is 14.3. The van der Waals surface area contributed by atoms with Crippen LogP contribution in [0.3, 0.4) is 0 Å². The van der Waals surface area contributed by atoms with Gasteiger partial charge < -0.3 is 9.64 Å². The normalized spacial score (nSPS) is 12.3. The highest BCUT2D eigenvalue weighted by atomic mass is 32.2. The van der Waals surface area contributed by atoms with Crippen LogP contribution in [0.25, 0.3) is 0 Å². The molecule has 1 amide bonds. The zero-order chi connectivity index (χ0) is 20.2. The molecule has 7 heteroatoms. The Balaban J connectivity index is 2.28. The van der Waals surface area contributed by atoms with Crippen molar-refractivity contribution in [3.63, 3.8) is 0 Å². The lowest BCUT2D eigenvalue weighted by Crippen LogP contribution is -2.42. The van der Waals surface area contributed by atoms with Crippen LogP contribution >= 0.6 is 0 Å². The Hall–Kier alpha value is -2.54. The van der Waals surface area contributed by atoms with Gasteiger partial charge in [-0.1, -0.05) is 36.4 Å². The van der Waals surface area contributed by atoms with Crippen molar-refractivity contribution in [2.75, 3.05) is 31.3 Å². The van der Waals surface area contributed by atoms with Gasteiger partial charge in [0.2, 0.25) is 15.9 Å². The van der Waals surface area contributed by atoms with E-state index in [0.717, 1.165) is 21.7 Å². The van der Waals surface area contributed by atoms with Crippen LogP contribution in [-0.4, -0.2) is 46.2 Å². The van der Waals surface area contributed by atoms with E-state index in [9.17, 15) is 13.2 Å².